The average Bonchev–Trinajstić information content (AvgIpc) is 2.81. The number of nitrogens with one attached hydrogen (secondary N) is 1. The number of methoxy groups -OCH3 is 1. The summed E-state index contributed by atoms with van der Waals surface area (Å²) in [5.74, 6) is 0.160. The molecule has 0 aliphatic carbocycles. The zero-order valence-corrected chi connectivity index (χ0v) is 17.7. The molecule has 8 nitrogen and oxygen atoms in total. The topological polar surface area (TPSA) is 95.2 Å². The van der Waals surface area contributed by atoms with Gasteiger partial charge in [-0.2, -0.15) is 0 Å². The summed E-state index contributed by atoms with van der Waals surface area (Å²) in [7, 11) is 1.51. The third-order valence-electron chi connectivity index (χ3n) is 5.12. The van der Waals surface area contributed by atoms with Crippen molar-refractivity contribution < 1.29 is 9.53 Å². The van der Waals surface area contributed by atoms with Crippen molar-refractivity contribution in [1.82, 2.24) is 19.4 Å². The maximum Gasteiger partial charge on any atom is 0.336 e. The smallest absolute Gasteiger partial charge is 0.336 e. The summed E-state index contributed by atoms with van der Waals surface area (Å²) in [5, 5.41) is 3.15. The minimum atomic E-state index is -0.601. The SMILES string of the molecule is COc1cccc(-n2c(=O)c3cc(C)ccc3n(CC(=O)NCc3cccnc3)c2=O)c1. The number of amides is 1. The predicted octanol–water partition coefficient (Wildman–Crippen LogP) is 2.18. The number of ether oxygens (including phenoxy) is 1. The lowest BCUT2D eigenvalue weighted by Crippen LogP contribution is -2.41. The molecule has 0 aliphatic rings. The van der Waals surface area contributed by atoms with Crippen LogP contribution < -0.4 is 21.3 Å². The monoisotopic (exact) mass is 430 g/mol. The molecule has 0 fully saturated rings. The van der Waals surface area contributed by atoms with E-state index in [1.807, 2.05) is 13.0 Å². The Balaban J connectivity index is 1.80. The maximum absolute atomic E-state index is 13.4. The van der Waals surface area contributed by atoms with Crippen molar-refractivity contribution in [3.63, 3.8) is 0 Å². The molecule has 1 N–H and O–H groups in total. The fourth-order valence-corrected chi connectivity index (χ4v) is 3.52. The molecule has 162 valence electrons. The summed E-state index contributed by atoms with van der Waals surface area (Å²) in [6.45, 7) is 1.92. The van der Waals surface area contributed by atoms with Crippen molar-refractivity contribution in [2.45, 2.75) is 20.0 Å². The molecule has 2 heterocycles. The van der Waals surface area contributed by atoms with Gasteiger partial charge in [-0.25, -0.2) is 9.36 Å². The quantitative estimate of drug-likeness (QED) is 0.506. The molecular weight excluding hydrogens is 408 g/mol. The number of pyridine rings is 1. The van der Waals surface area contributed by atoms with E-state index in [1.54, 1.807) is 60.9 Å². The first-order valence-corrected chi connectivity index (χ1v) is 10.0. The summed E-state index contributed by atoms with van der Waals surface area (Å²) in [6, 6.07) is 15.5. The Hall–Kier alpha value is -4.20. The number of fused-ring (bicyclic) bond motifs is 1. The second-order valence-corrected chi connectivity index (χ2v) is 7.37. The van der Waals surface area contributed by atoms with Crippen LogP contribution in [0.1, 0.15) is 11.1 Å². The number of aryl methyl sites for hydroxylation is 1. The molecule has 0 radical (unpaired) electrons. The Kier molecular flexibility index (Phi) is 5.85. The van der Waals surface area contributed by atoms with E-state index in [-0.39, 0.29) is 19.0 Å². The van der Waals surface area contributed by atoms with Crippen LogP contribution in [0.25, 0.3) is 16.6 Å². The van der Waals surface area contributed by atoms with Crippen molar-refractivity contribution in [3.05, 3.63) is 99.0 Å². The number of nitrogens with zero attached hydrogens (tertiary/aromatic N) is 3. The van der Waals surface area contributed by atoms with Gasteiger partial charge in [0.2, 0.25) is 5.91 Å². The summed E-state index contributed by atoms with van der Waals surface area (Å²) in [4.78, 5) is 43.4. The Labute approximate surface area is 183 Å². The van der Waals surface area contributed by atoms with Crippen LogP contribution in [0.3, 0.4) is 0 Å². The van der Waals surface area contributed by atoms with Gasteiger partial charge in [0.05, 0.1) is 23.7 Å². The second kappa shape index (κ2) is 8.89. The zero-order valence-electron chi connectivity index (χ0n) is 17.7. The Morgan fingerprint density at radius 1 is 1.09 bits per heavy atom. The first-order valence-electron chi connectivity index (χ1n) is 10.0. The first-order chi connectivity index (χ1) is 15.5. The highest BCUT2D eigenvalue weighted by atomic mass is 16.5. The van der Waals surface area contributed by atoms with Gasteiger partial charge in [0.15, 0.2) is 0 Å². The van der Waals surface area contributed by atoms with Crippen LogP contribution in [0.15, 0.2) is 76.6 Å². The zero-order chi connectivity index (χ0) is 22.7. The fraction of sp³-hybridized carbons (Fsp3) is 0.167. The van der Waals surface area contributed by atoms with Crippen molar-refractivity contribution in [3.8, 4) is 11.4 Å². The molecule has 2 aromatic heterocycles. The number of carbonyl (C=O) groups is 1. The third kappa shape index (κ3) is 4.15. The number of aromatic nitrogens is 3. The van der Waals surface area contributed by atoms with Crippen molar-refractivity contribution in [2.75, 3.05) is 7.11 Å². The molecule has 0 spiro atoms. The molecule has 0 unspecified atom stereocenters. The van der Waals surface area contributed by atoms with E-state index in [2.05, 4.69) is 10.3 Å². The van der Waals surface area contributed by atoms with Gasteiger partial charge in [0, 0.05) is 25.0 Å². The normalized spacial score (nSPS) is 10.8. The van der Waals surface area contributed by atoms with E-state index in [1.165, 1.54) is 11.7 Å². The van der Waals surface area contributed by atoms with Crippen LogP contribution in [0.4, 0.5) is 0 Å². The number of rotatable bonds is 6. The molecule has 0 bridgehead atoms. The van der Waals surface area contributed by atoms with E-state index in [0.29, 0.717) is 22.3 Å². The van der Waals surface area contributed by atoms with E-state index in [9.17, 15) is 14.4 Å². The molecule has 0 saturated heterocycles. The second-order valence-electron chi connectivity index (χ2n) is 7.37. The Bertz CT molecular complexity index is 1410. The molecular formula is C24H22N4O4. The highest BCUT2D eigenvalue weighted by Gasteiger charge is 2.17. The average molecular weight is 430 g/mol. The lowest BCUT2D eigenvalue weighted by atomic mass is 10.1. The van der Waals surface area contributed by atoms with Crippen LogP contribution in [0.2, 0.25) is 0 Å². The number of hydrogen-bond donors (Lipinski definition) is 1. The van der Waals surface area contributed by atoms with E-state index in [0.717, 1.165) is 15.7 Å². The molecule has 2 aromatic carbocycles. The van der Waals surface area contributed by atoms with Crippen LogP contribution in [0, 0.1) is 6.92 Å². The number of hydrogen-bond acceptors (Lipinski definition) is 5. The maximum atomic E-state index is 13.4. The van der Waals surface area contributed by atoms with Gasteiger partial charge in [-0.15, -0.1) is 0 Å². The number of benzene rings is 2. The van der Waals surface area contributed by atoms with Gasteiger partial charge < -0.3 is 10.1 Å². The summed E-state index contributed by atoms with van der Waals surface area (Å²) in [5.41, 5.74) is 1.44. The van der Waals surface area contributed by atoms with E-state index in [4.69, 9.17) is 4.74 Å². The minimum absolute atomic E-state index is 0.233. The summed E-state index contributed by atoms with van der Waals surface area (Å²) < 4.78 is 7.62. The van der Waals surface area contributed by atoms with E-state index >= 15 is 0 Å². The molecule has 32 heavy (non-hydrogen) atoms. The highest BCUT2D eigenvalue weighted by Crippen LogP contribution is 2.16. The first kappa shape index (κ1) is 21.0. The molecule has 1 amide bonds. The van der Waals surface area contributed by atoms with Crippen molar-refractivity contribution >= 4 is 16.8 Å². The van der Waals surface area contributed by atoms with Gasteiger partial charge in [-0.05, 0) is 42.8 Å². The van der Waals surface area contributed by atoms with E-state index < -0.39 is 11.2 Å². The molecule has 8 heteroatoms. The Morgan fingerprint density at radius 2 is 1.94 bits per heavy atom. The van der Waals surface area contributed by atoms with Crippen LogP contribution in [-0.2, 0) is 17.9 Å². The largest absolute Gasteiger partial charge is 0.497 e. The Morgan fingerprint density at radius 3 is 2.69 bits per heavy atom. The molecule has 0 saturated carbocycles. The van der Waals surface area contributed by atoms with Crippen molar-refractivity contribution in [1.29, 1.82) is 0 Å². The molecule has 0 aliphatic heterocycles. The van der Waals surface area contributed by atoms with Crippen LogP contribution >= 0.6 is 0 Å². The predicted molar refractivity (Wildman–Crippen MR) is 121 cm³/mol. The van der Waals surface area contributed by atoms with Gasteiger partial charge in [-0.1, -0.05) is 23.8 Å². The lowest BCUT2D eigenvalue weighted by molar-refractivity contribution is -0.121. The lowest BCUT2D eigenvalue weighted by Gasteiger charge is -2.15. The molecule has 4 rings (SSSR count). The standard InChI is InChI=1S/C24H22N4O4/c1-16-8-9-21-20(11-16)23(30)28(18-6-3-7-19(12-18)32-2)24(31)27(21)15-22(29)26-14-17-5-4-10-25-13-17/h3-13H,14-15H2,1-2H3,(H,26,29). The van der Waals surface area contributed by atoms with Gasteiger partial charge in [0.25, 0.3) is 5.56 Å². The highest BCUT2D eigenvalue weighted by molar-refractivity contribution is 5.82. The molecule has 0 atom stereocenters. The van der Waals surface area contributed by atoms with Gasteiger partial charge in [-0.3, -0.25) is 19.1 Å². The molecule has 4 aromatic rings. The van der Waals surface area contributed by atoms with Crippen molar-refractivity contribution in [2.24, 2.45) is 0 Å². The number of carbonyl (C=O) groups excluding carboxylic acids is 1. The van der Waals surface area contributed by atoms with Crippen LogP contribution in [-0.4, -0.2) is 27.1 Å². The minimum Gasteiger partial charge on any atom is -0.497 e. The summed E-state index contributed by atoms with van der Waals surface area (Å²) >= 11 is 0. The van der Waals surface area contributed by atoms with Gasteiger partial charge in [0.1, 0.15) is 12.3 Å². The van der Waals surface area contributed by atoms with Crippen LogP contribution in [0.5, 0.6) is 5.75 Å². The fourth-order valence-electron chi connectivity index (χ4n) is 3.52. The van der Waals surface area contributed by atoms with Gasteiger partial charge >= 0.3 is 5.69 Å². The third-order valence-corrected chi connectivity index (χ3v) is 5.12. The summed E-state index contributed by atoms with van der Waals surface area (Å²) in [6.07, 6.45) is 3.31.